The topological polar surface area (TPSA) is 84.1 Å². The Hall–Kier alpha value is -0.880. The average Bonchev–Trinajstić information content (AvgIpc) is 2.37. The van der Waals surface area contributed by atoms with Gasteiger partial charge >= 0.3 is 0 Å². The summed E-state index contributed by atoms with van der Waals surface area (Å²) in [5.41, 5.74) is 5.28. The molecule has 6 heteroatoms. The molecule has 1 aromatic rings. The van der Waals surface area contributed by atoms with Crippen LogP contribution < -0.4 is 11.1 Å². The molecule has 0 amide bonds. The van der Waals surface area contributed by atoms with E-state index in [0.717, 1.165) is 0 Å². The van der Waals surface area contributed by atoms with Gasteiger partial charge in [0.05, 0.1) is 0 Å². The summed E-state index contributed by atoms with van der Waals surface area (Å²) >= 11 is 1.22. The lowest BCUT2D eigenvalue weighted by Crippen LogP contribution is -2.02. The zero-order chi connectivity index (χ0) is 8.10. The third-order valence-electron chi connectivity index (χ3n) is 1.05. The van der Waals surface area contributed by atoms with Crippen molar-refractivity contribution in [2.75, 3.05) is 24.2 Å². The summed E-state index contributed by atoms with van der Waals surface area (Å²) in [4.78, 5) is 3.87. The number of aliphatic hydroxyl groups excluding tert-OH is 1. The van der Waals surface area contributed by atoms with Crippen LogP contribution in [0.3, 0.4) is 0 Å². The maximum absolute atomic E-state index is 8.45. The van der Waals surface area contributed by atoms with E-state index in [1.54, 1.807) is 0 Å². The summed E-state index contributed by atoms with van der Waals surface area (Å²) in [6.07, 6.45) is 0.708. The first-order valence-electron chi connectivity index (χ1n) is 3.27. The molecule has 0 aliphatic heterocycles. The highest BCUT2D eigenvalue weighted by molar-refractivity contribution is 7.09. The summed E-state index contributed by atoms with van der Waals surface area (Å²) in [6, 6.07) is 0. The maximum Gasteiger partial charge on any atom is 0.233 e. The fourth-order valence-corrected chi connectivity index (χ4v) is 1.10. The van der Waals surface area contributed by atoms with Crippen LogP contribution in [0.4, 0.5) is 11.1 Å². The molecule has 0 atom stereocenters. The molecule has 5 nitrogen and oxygen atoms in total. The number of aromatic nitrogens is 2. The molecule has 11 heavy (non-hydrogen) atoms. The monoisotopic (exact) mass is 174 g/mol. The number of nitrogens with zero attached hydrogens (tertiary/aromatic N) is 2. The van der Waals surface area contributed by atoms with Gasteiger partial charge < -0.3 is 16.2 Å². The Labute approximate surface area is 68.4 Å². The predicted octanol–water partition coefficient (Wildman–Crippen LogP) is -0.0854. The van der Waals surface area contributed by atoms with Gasteiger partial charge in [-0.1, -0.05) is 0 Å². The van der Waals surface area contributed by atoms with E-state index in [0.29, 0.717) is 24.0 Å². The number of hydrogen-bond acceptors (Lipinski definition) is 6. The molecule has 0 fully saturated rings. The molecule has 1 aromatic heterocycles. The Morgan fingerprint density at radius 2 is 2.45 bits per heavy atom. The predicted molar refractivity (Wildman–Crippen MR) is 44.5 cm³/mol. The van der Waals surface area contributed by atoms with Crippen molar-refractivity contribution in [1.29, 1.82) is 0 Å². The molecular formula is C5H10N4OS. The minimum Gasteiger partial charge on any atom is -0.396 e. The minimum atomic E-state index is 0.182. The van der Waals surface area contributed by atoms with Crippen LogP contribution in [0.15, 0.2) is 0 Å². The van der Waals surface area contributed by atoms with Crippen molar-refractivity contribution < 1.29 is 5.11 Å². The van der Waals surface area contributed by atoms with Crippen molar-refractivity contribution >= 4 is 22.6 Å². The van der Waals surface area contributed by atoms with Gasteiger partial charge in [0.15, 0.2) is 0 Å². The number of hydrogen-bond donors (Lipinski definition) is 3. The lowest BCUT2D eigenvalue weighted by molar-refractivity contribution is 0.292. The summed E-state index contributed by atoms with van der Waals surface area (Å²) in [5, 5.41) is 12.1. The molecule has 1 heterocycles. The molecule has 4 N–H and O–H groups in total. The highest BCUT2D eigenvalue weighted by Gasteiger charge is 1.97. The fraction of sp³-hybridized carbons (Fsp3) is 0.600. The molecule has 0 bridgehead atoms. The van der Waals surface area contributed by atoms with Crippen molar-refractivity contribution in [1.82, 2.24) is 9.36 Å². The van der Waals surface area contributed by atoms with E-state index in [9.17, 15) is 0 Å². The standard InChI is InChI=1S/C5H10N4OS/c6-4-8-5(11-9-4)7-2-1-3-10/h10H,1-3H2,(H3,6,7,8,9). The molecule has 0 saturated carbocycles. The van der Waals surface area contributed by atoms with E-state index < -0.39 is 0 Å². The Morgan fingerprint density at radius 1 is 1.64 bits per heavy atom. The number of rotatable bonds is 4. The van der Waals surface area contributed by atoms with Gasteiger partial charge in [0, 0.05) is 24.7 Å². The van der Waals surface area contributed by atoms with Gasteiger partial charge in [-0.15, -0.1) is 0 Å². The second kappa shape index (κ2) is 4.09. The highest BCUT2D eigenvalue weighted by atomic mass is 32.1. The third kappa shape index (κ3) is 2.69. The zero-order valence-corrected chi connectivity index (χ0v) is 6.77. The number of nitrogen functional groups attached to an aromatic ring is 1. The first-order chi connectivity index (χ1) is 5.33. The van der Waals surface area contributed by atoms with E-state index in [1.807, 2.05) is 0 Å². The lowest BCUT2D eigenvalue weighted by Gasteiger charge is -1.96. The summed E-state index contributed by atoms with van der Waals surface area (Å²) < 4.78 is 3.78. The molecule has 0 aliphatic carbocycles. The lowest BCUT2D eigenvalue weighted by atomic mass is 10.5. The molecule has 0 radical (unpaired) electrons. The van der Waals surface area contributed by atoms with Crippen molar-refractivity contribution in [2.24, 2.45) is 0 Å². The van der Waals surface area contributed by atoms with E-state index in [4.69, 9.17) is 10.8 Å². The van der Waals surface area contributed by atoms with Gasteiger partial charge in [0.1, 0.15) is 0 Å². The van der Waals surface area contributed by atoms with E-state index >= 15 is 0 Å². The minimum absolute atomic E-state index is 0.182. The normalized spacial score (nSPS) is 9.91. The summed E-state index contributed by atoms with van der Waals surface area (Å²) in [5.74, 6) is 0.293. The smallest absolute Gasteiger partial charge is 0.233 e. The van der Waals surface area contributed by atoms with Crippen LogP contribution >= 0.6 is 11.5 Å². The van der Waals surface area contributed by atoms with Crippen LogP contribution in [0.2, 0.25) is 0 Å². The quantitative estimate of drug-likeness (QED) is 0.556. The molecule has 0 unspecified atom stereocenters. The molecule has 0 spiro atoms. The van der Waals surface area contributed by atoms with Gasteiger partial charge in [-0.25, -0.2) is 0 Å². The van der Waals surface area contributed by atoms with E-state index in [-0.39, 0.29) is 6.61 Å². The molecule has 0 aromatic carbocycles. The number of nitrogens with one attached hydrogen (secondary N) is 1. The summed E-state index contributed by atoms with van der Waals surface area (Å²) in [7, 11) is 0. The Kier molecular flexibility index (Phi) is 3.06. The molecular weight excluding hydrogens is 164 g/mol. The molecule has 62 valence electrons. The fourth-order valence-electron chi connectivity index (χ4n) is 0.581. The van der Waals surface area contributed by atoms with Gasteiger partial charge in [0.25, 0.3) is 0 Å². The van der Waals surface area contributed by atoms with Crippen LogP contribution in [0, 0.1) is 0 Å². The first-order valence-corrected chi connectivity index (χ1v) is 4.04. The molecule has 0 aliphatic rings. The Balaban J connectivity index is 2.27. The van der Waals surface area contributed by atoms with E-state index in [1.165, 1.54) is 11.5 Å². The van der Waals surface area contributed by atoms with Gasteiger partial charge in [-0.3, -0.25) is 0 Å². The number of anilines is 2. The van der Waals surface area contributed by atoms with Crippen molar-refractivity contribution in [3.05, 3.63) is 0 Å². The second-order valence-electron chi connectivity index (χ2n) is 1.96. The highest BCUT2D eigenvalue weighted by Crippen LogP contribution is 2.10. The van der Waals surface area contributed by atoms with Crippen LogP contribution in [-0.4, -0.2) is 27.6 Å². The van der Waals surface area contributed by atoms with Gasteiger partial charge in [-0.05, 0) is 6.42 Å². The number of nitrogens with two attached hydrogens (primary N) is 1. The van der Waals surface area contributed by atoms with Gasteiger partial charge in [0.2, 0.25) is 11.1 Å². The molecule has 1 rings (SSSR count). The van der Waals surface area contributed by atoms with Crippen molar-refractivity contribution in [2.45, 2.75) is 6.42 Å². The van der Waals surface area contributed by atoms with Gasteiger partial charge in [-0.2, -0.15) is 9.36 Å². The number of aliphatic hydroxyl groups is 1. The molecule has 0 saturated heterocycles. The third-order valence-corrected chi connectivity index (χ3v) is 1.74. The first kappa shape index (κ1) is 8.22. The SMILES string of the molecule is Nc1nsc(NCCCO)n1. The van der Waals surface area contributed by atoms with Crippen LogP contribution in [-0.2, 0) is 0 Å². The van der Waals surface area contributed by atoms with Crippen LogP contribution in [0.5, 0.6) is 0 Å². The van der Waals surface area contributed by atoms with Crippen LogP contribution in [0.25, 0.3) is 0 Å². The van der Waals surface area contributed by atoms with Crippen molar-refractivity contribution in [3.63, 3.8) is 0 Å². The van der Waals surface area contributed by atoms with Crippen molar-refractivity contribution in [3.8, 4) is 0 Å². The van der Waals surface area contributed by atoms with E-state index in [2.05, 4.69) is 14.7 Å². The Bertz CT molecular complexity index is 214. The van der Waals surface area contributed by atoms with Crippen LogP contribution in [0.1, 0.15) is 6.42 Å². The summed E-state index contributed by atoms with van der Waals surface area (Å²) in [6.45, 7) is 0.881. The zero-order valence-electron chi connectivity index (χ0n) is 5.95. The maximum atomic E-state index is 8.45. The Morgan fingerprint density at radius 3 is 3.00 bits per heavy atom. The largest absolute Gasteiger partial charge is 0.396 e. The average molecular weight is 174 g/mol. The second-order valence-corrected chi connectivity index (χ2v) is 2.71.